The third-order valence-electron chi connectivity index (χ3n) is 5.57. The molecule has 0 spiro atoms. The number of anilines is 3. The Morgan fingerprint density at radius 2 is 1.93 bits per heavy atom. The highest BCUT2D eigenvalue weighted by Gasteiger charge is 2.41. The molecule has 0 aliphatic carbocycles. The van der Waals surface area contributed by atoms with Gasteiger partial charge in [-0.25, -0.2) is 4.52 Å². The van der Waals surface area contributed by atoms with Gasteiger partial charge >= 0.3 is 6.18 Å². The maximum absolute atomic E-state index is 12.9. The van der Waals surface area contributed by atoms with Gasteiger partial charge in [0.15, 0.2) is 5.82 Å². The largest absolute Gasteiger partial charge is 0.391 e. The van der Waals surface area contributed by atoms with E-state index < -0.39 is 18.0 Å². The molecular weight excluding hydrogens is 395 g/mol. The third-order valence-corrected chi connectivity index (χ3v) is 5.57. The molecule has 1 amide bonds. The lowest BCUT2D eigenvalue weighted by Crippen LogP contribution is -2.39. The Hall–Kier alpha value is -3.23. The minimum atomic E-state index is -4.12. The van der Waals surface area contributed by atoms with Crippen molar-refractivity contribution in [2.75, 3.05) is 23.3 Å². The molecule has 3 aromatic rings. The summed E-state index contributed by atoms with van der Waals surface area (Å²) in [5.41, 5.74) is 8.98. The Labute approximate surface area is 171 Å². The molecular formula is C21H22F3N5O. The molecule has 1 fully saturated rings. The second-order valence-electron chi connectivity index (χ2n) is 7.55. The maximum Gasteiger partial charge on any atom is 0.391 e. The highest BCUT2D eigenvalue weighted by molar-refractivity contribution is 6.05. The molecule has 3 N–H and O–H groups in total. The van der Waals surface area contributed by atoms with E-state index in [4.69, 9.17) is 5.73 Å². The number of hydrogen-bond donors (Lipinski definition) is 2. The van der Waals surface area contributed by atoms with Gasteiger partial charge in [0.05, 0.1) is 11.4 Å². The summed E-state index contributed by atoms with van der Waals surface area (Å²) in [4.78, 5) is 13.9. The number of aromatic nitrogens is 2. The van der Waals surface area contributed by atoms with Crippen LogP contribution in [0.2, 0.25) is 0 Å². The van der Waals surface area contributed by atoms with E-state index in [1.54, 1.807) is 28.9 Å². The number of primary amides is 1. The topological polar surface area (TPSA) is 75.7 Å². The van der Waals surface area contributed by atoms with Gasteiger partial charge in [0.1, 0.15) is 5.56 Å². The summed E-state index contributed by atoms with van der Waals surface area (Å²) in [6.07, 6.45) is -2.19. The van der Waals surface area contributed by atoms with Crippen molar-refractivity contribution < 1.29 is 18.0 Å². The van der Waals surface area contributed by atoms with Crippen LogP contribution in [0.4, 0.5) is 30.4 Å². The van der Waals surface area contributed by atoms with Crippen LogP contribution in [0.5, 0.6) is 0 Å². The molecule has 2 aromatic heterocycles. The normalized spacial score (nSPS) is 15.5. The Balaban J connectivity index is 1.55. The van der Waals surface area contributed by atoms with Gasteiger partial charge in [0.25, 0.3) is 5.91 Å². The number of alkyl halides is 3. The lowest BCUT2D eigenvalue weighted by atomic mass is 9.96. The van der Waals surface area contributed by atoms with Crippen LogP contribution in [0.15, 0.2) is 42.6 Å². The zero-order valence-corrected chi connectivity index (χ0v) is 16.4. The van der Waals surface area contributed by atoms with E-state index in [0.717, 1.165) is 16.9 Å². The smallest absolute Gasteiger partial charge is 0.371 e. The zero-order chi connectivity index (χ0) is 21.5. The van der Waals surface area contributed by atoms with Crippen LogP contribution in [0.1, 0.15) is 28.8 Å². The predicted octanol–water partition coefficient (Wildman–Crippen LogP) is 4.26. The second-order valence-corrected chi connectivity index (χ2v) is 7.55. The first-order chi connectivity index (χ1) is 14.2. The number of nitrogens with zero attached hydrogens (tertiary/aromatic N) is 3. The SMILES string of the molecule is Cc1cc(N2CCC(C(F)(F)F)CC2)ccc1Nc1nn2ccccc2c1C(N)=O. The first kappa shape index (κ1) is 20.1. The predicted molar refractivity (Wildman–Crippen MR) is 109 cm³/mol. The van der Waals surface area contributed by atoms with E-state index >= 15 is 0 Å². The second kappa shape index (κ2) is 7.55. The first-order valence-electron chi connectivity index (χ1n) is 9.70. The summed E-state index contributed by atoms with van der Waals surface area (Å²) in [5.74, 6) is -1.45. The number of fused-ring (bicyclic) bond motifs is 1. The molecule has 0 radical (unpaired) electrons. The molecule has 9 heteroatoms. The Bertz CT molecular complexity index is 1080. The number of hydrogen-bond acceptors (Lipinski definition) is 4. The summed E-state index contributed by atoms with van der Waals surface area (Å²) < 4.78 is 40.3. The van der Waals surface area contributed by atoms with Gasteiger partial charge in [-0.2, -0.15) is 13.2 Å². The van der Waals surface area contributed by atoms with Gasteiger partial charge in [-0.05, 0) is 55.7 Å². The van der Waals surface area contributed by atoms with E-state index in [-0.39, 0.29) is 12.8 Å². The van der Waals surface area contributed by atoms with Crippen molar-refractivity contribution in [1.29, 1.82) is 0 Å². The number of nitrogens with two attached hydrogens (primary N) is 1. The van der Waals surface area contributed by atoms with Crippen molar-refractivity contribution in [2.24, 2.45) is 11.7 Å². The van der Waals surface area contributed by atoms with Crippen LogP contribution < -0.4 is 16.0 Å². The fourth-order valence-electron chi connectivity index (χ4n) is 3.91. The maximum atomic E-state index is 12.9. The number of carbonyl (C=O) groups excluding carboxylic acids is 1. The summed E-state index contributed by atoms with van der Waals surface area (Å²) in [6, 6.07) is 11.0. The van der Waals surface area contributed by atoms with Crippen molar-refractivity contribution in [2.45, 2.75) is 25.9 Å². The fourth-order valence-corrected chi connectivity index (χ4v) is 3.91. The summed E-state index contributed by atoms with van der Waals surface area (Å²) in [7, 11) is 0. The molecule has 1 saturated heterocycles. The summed E-state index contributed by atoms with van der Waals surface area (Å²) >= 11 is 0. The molecule has 0 atom stereocenters. The monoisotopic (exact) mass is 417 g/mol. The minimum absolute atomic E-state index is 0.103. The van der Waals surface area contributed by atoms with Gasteiger partial charge < -0.3 is 16.0 Å². The van der Waals surface area contributed by atoms with Crippen molar-refractivity contribution in [3.63, 3.8) is 0 Å². The van der Waals surface area contributed by atoms with Crippen molar-refractivity contribution in [3.05, 3.63) is 53.7 Å². The summed E-state index contributed by atoms with van der Waals surface area (Å²) in [6.45, 7) is 2.64. The van der Waals surface area contributed by atoms with Gasteiger partial charge in [-0.15, -0.1) is 5.10 Å². The molecule has 0 saturated carbocycles. The van der Waals surface area contributed by atoms with E-state index in [1.165, 1.54) is 0 Å². The van der Waals surface area contributed by atoms with Crippen molar-refractivity contribution in [3.8, 4) is 0 Å². The molecule has 4 rings (SSSR count). The Kier molecular flexibility index (Phi) is 5.05. The van der Waals surface area contributed by atoms with E-state index in [2.05, 4.69) is 10.4 Å². The van der Waals surface area contributed by atoms with Gasteiger partial charge in [0, 0.05) is 30.7 Å². The molecule has 30 heavy (non-hydrogen) atoms. The number of piperidine rings is 1. The van der Waals surface area contributed by atoms with Crippen molar-refractivity contribution >= 4 is 28.6 Å². The molecule has 1 aromatic carbocycles. The number of carbonyl (C=O) groups is 1. The standard InChI is InChI=1S/C21H22F3N5O/c1-13-12-15(28-10-7-14(8-11-28)21(22,23)24)5-6-16(13)26-20-18(19(25)30)17-4-2-3-9-29(17)27-20/h2-6,9,12,14H,7-8,10-11H2,1H3,(H2,25,30)(H,26,27). The summed E-state index contributed by atoms with van der Waals surface area (Å²) in [5, 5.41) is 7.57. The molecule has 0 bridgehead atoms. The molecule has 1 aliphatic heterocycles. The molecule has 0 unspecified atom stereocenters. The number of halogens is 3. The van der Waals surface area contributed by atoms with Crippen molar-refractivity contribution in [1.82, 2.24) is 9.61 Å². The van der Waals surface area contributed by atoms with E-state index in [9.17, 15) is 18.0 Å². The van der Waals surface area contributed by atoms with Gasteiger partial charge in [0.2, 0.25) is 0 Å². The molecule has 6 nitrogen and oxygen atoms in total. The Morgan fingerprint density at radius 1 is 1.20 bits per heavy atom. The average Bonchev–Trinajstić information content (AvgIpc) is 3.07. The zero-order valence-electron chi connectivity index (χ0n) is 16.4. The fraction of sp³-hybridized carbons (Fsp3) is 0.333. The van der Waals surface area contributed by atoms with Crippen LogP contribution >= 0.6 is 0 Å². The number of nitrogens with one attached hydrogen (secondary N) is 1. The number of aryl methyl sites for hydroxylation is 1. The number of pyridine rings is 1. The molecule has 158 valence electrons. The van der Waals surface area contributed by atoms with Crippen LogP contribution in [0, 0.1) is 12.8 Å². The number of amides is 1. The van der Waals surface area contributed by atoms with Crippen LogP contribution in [-0.2, 0) is 0 Å². The van der Waals surface area contributed by atoms with Gasteiger partial charge in [-0.3, -0.25) is 4.79 Å². The van der Waals surface area contributed by atoms with E-state index in [0.29, 0.717) is 30.0 Å². The van der Waals surface area contributed by atoms with E-state index in [1.807, 2.05) is 30.0 Å². The molecule has 1 aliphatic rings. The van der Waals surface area contributed by atoms with Crippen LogP contribution in [0.3, 0.4) is 0 Å². The Morgan fingerprint density at radius 3 is 2.57 bits per heavy atom. The highest BCUT2D eigenvalue weighted by atomic mass is 19.4. The quantitative estimate of drug-likeness (QED) is 0.665. The average molecular weight is 417 g/mol. The number of benzene rings is 1. The highest BCUT2D eigenvalue weighted by Crippen LogP contribution is 2.36. The number of rotatable bonds is 4. The minimum Gasteiger partial charge on any atom is -0.371 e. The third kappa shape index (κ3) is 3.79. The van der Waals surface area contributed by atoms with Crippen LogP contribution in [0.25, 0.3) is 5.52 Å². The first-order valence-corrected chi connectivity index (χ1v) is 9.70. The van der Waals surface area contributed by atoms with Gasteiger partial charge in [-0.1, -0.05) is 6.07 Å². The van der Waals surface area contributed by atoms with Crippen LogP contribution in [-0.4, -0.2) is 34.8 Å². The molecule has 3 heterocycles. The lowest BCUT2D eigenvalue weighted by molar-refractivity contribution is -0.179. The lowest BCUT2D eigenvalue weighted by Gasteiger charge is -2.34.